The molecule has 2 N–H and O–H groups in total. The smallest absolute Gasteiger partial charge is 0.162 e. The maximum Gasteiger partial charge on any atom is 0.162 e. The first kappa shape index (κ1) is 18.3. The quantitative estimate of drug-likeness (QED) is 0.381. The van der Waals surface area contributed by atoms with Crippen LogP contribution in [-0.4, -0.2) is 52.6 Å². The zero-order chi connectivity index (χ0) is 14.3. The van der Waals surface area contributed by atoms with Crippen molar-refractivity contribution in [3.8, 4) is 0 Å². The molecule has 6 heteroatoms. The molecular weight excluding hydrogens is 256 g/mol. The third-order valence-corrected chi connectivity index (χ3v) is 4.57. The highest BCUT2D eigenvalue weighted by atomic mass is 29.2. The number of nitrogens with one attached hydrogen (secondary N) is 2. The summed E-state index contributed by atoms with van der Waals surface area (Å²) >= 11 is 0. The summed E-state index contributed by atoms with van der Waals surface area (Å²) in [6, 6.07) is 2.14. The molecule has 0 atom stereocenters. The van der Waals surface area contributed by atoms with Gasteiger partial charge in [-0.15, -0.1) is 0 Å². The molecule has 0 aromatic heterocycles. The second-order valence-corrected chi connectivity index (χ2v) is 8.11. The van der Waals surface area contributed by atoms with Gasteiger partial charge in [0.25, 0.3) is 0 Å². The van der Waals surface area contributed by atoms with Crippen LogP contribution in [0.3, 0.4) is 0 Å². The molecule has 0 aliphatic rings. The fourth-order valence-corrected chi connectivity index (χ4v) is 4.41. The van der Waals surface area contributed by atoms with Gasteiger partial charge in [0.05, 0.1) is 0 Å². The first-order chi connectivity index (χ1) is 8.27. The third kappa shape index (κ3) is 7.01. The largest absolute Gasteiger partial charge is 0.281 e. The van der Waals surface area contributed by atoms with E-state index in [-0.39, 0.29) is 0 Å². The summed E-state index contributed by atoms with van der Waals surface area (Å²) < 4.78 is 0. The number of hydrazine groups is 2. The van der Waals surface area contributed by atoms with Crippen LogP contribution in [0.2, 0.25) is 0 Å². The maximum absolute atomic E-state index is 3.54. The minimum Gasteiger partial charge on any atom is -0.281 e. The van der Waals surface area contributed by atoms with Crippen LogP contribution in [0, 0.1) is 0 Å². The third-order valence-electron chi connectivity index (χ3n) is 2.66. The van der Waals surface area contributed by atoms with Gasteiger partial charge in [0.1, 0.15) is 0 Å². The Morgan fingerprint density at radius 2 is 0.778 bits per heavy atom. The van der Waals surface area contributed by atoms with Gasteiger partial charge in [0.2, 0.25) is 0 Å². The Labute approximate surface area is 118 Å². The number of hydrogen-bond acceptors (Lipinski definition) is 4. The highest BCUT2D eigenvalue weighted by Gasteiger charge is 2.15. The summed E-state index contributed by atoms with van der Waals surface area (Å²) in [5.74, 6) is 0. The summed E-state index contributed by atoms with van der Waals surface area (Å²) in [6.07, 6.45) is 0. The lowest BCUT2D eigenvalue weighted by atomic mass is 10.3. The molecule has 0 rings (SSSR count). The van der Waals surface area contributed by atoms with Crippen molar-refractivity contribution < 1.29 is 0 Å². The molecule has 0 fully saturated rings. The molecule has 4 nitrogen and oxygen atoms in total. The molecule has 0 aliphatic heterocycles. The van der Waals surface area contributed by atoms with Crippen LogP contribution >= 0.6 is 0 Å². The van der Waals surface area contributed by atoms with Crippen molar-refractivity contribution in [2.45, 2.75) is 79.6 Å². The molecule has 0 aromatic rings. The van der Waals surface area contributed by atoms with Crippen LogP contribution in [0.4, 0.5) is 0 Å². The molecule has 0 unspecified atom stereocenters. The van der Waals surface area contributed by atoms with Crippen molar-refractivity contribution in [3.63, 3.8) is 0 Å². The summed E-state index contributed by atoms with van der Waals surface area (Å²) in [5, 5.41) is 11.7. The van der Waals surface area contributed by atoms with Crippen LogP contribution < -0.4 is 10.2 Å². The molecule has 0 aliphatic carbocycles. The molecule has 0 heterocycles. The zero-order valence-electron chi connectivity index (χ0n) is 13.2. The lowest BCUT2D eigenvalue weighted by Gasteiger charge is -2.33. The first-order valence-corrected chi connectivity index (χ1v) is 9.85. The normalized spacial score (nSPS) is 13.0. The molecule has 0 amide bonds. The van der Waals surface area contributed by atoms with Gasteiger partial charge in [-0.1, -0.05) is 0 Å². The maximum atomic E-state index is 3.54. The van der Waals surface area contributed by atoms with Crippen LogP contribution in [0.1, 0.15) is 55.4 Å². The second-order valence-electron chi connectivity index (χ2n) is 5.66. The van der Waals surface area contributed by atoms with Gasteiger partial charge < -0.3 is 0 Å². The van der Waals surface area contributed by atoms with Crippen LogP contribution in [0.15, 0.2) is 0 Å². The lowest BCUT2D eigenvalue weighted by Crippen LogP contribution is -2.56. The van der Waals surface area contributed by atoms with E-state index in [4.69, 9.17) is 0 Å². The average molecular weight is 287 g/mol. The van der Waals surface area contributed by atoms with E-state index in [9.17, 15) is 0 Å². The number of rotatable bonds is 9. The standard InChI is InChI=1S/C12H30N4Si2/c1-9(2)15(10(3)4)13-17-18-14-16(11(5)6)12(7)8/h9-14H,1-8H3. The van der Waals surface area contributed by atoms with Crippen molar-refractivity contribution in [1.29, 1.82) is 0 Å². The summed E-state index contributed by atoms with van der Waals surface area (Å²) in [6.45, 7) is 17.8. The SMILES string of the molecule is CC(C)N(N[Si][Si]NN(C(C)C)C(C)C)C(C)C. The fourth-order valence-electron chi connectivity index (χ4n) is 1.89. The van der Waals surface area contributed by atoms with E-state index in [2.05, 4.69) is 75.6 Å². The van der Waals surface area contributed by atoms with Crippen LogP contribution in [0.5, 0.6) is 0 Å². The first-order valence-electron chi connectivity index (χ1n) is 6.85. The summed E-state index contributed by atoms with van der Waals surface area (Å²) in [4.78, 5) is 0. The molecule has 0 spiro atoms. The zero-order valence-corrected chi connectivity index (χ0v) is 15.2. The Hall–Kier alpha value is 0.274. The predicted octanol–water partition coefficient (Wildman–Crippen LogP) is 1.39. The molecule has 0 saturated carbocycles. The van der Waals surface area contributed by atoms with E-state index in [0.717, 1.165) is 18.4 Å². The Morgan fingerprint density at radius 3 is 0.944 bits per heavy atom. The summed E-state index contributed by atoms with van der Waals surface area (Å²) in [5.41, 5.74) is 0. The van der Waals surface area contributed by atoms with E-state index in [1.807, 2.05) is 0 Å². The Bertz CT molecular complexity index is 172. The van der Waals surface area contributed by atoms with Gasteiger partial charge in [-0.25, -0.2) is 10.0 Å². The molecule has 4 radical (unpaired) electrons. The van der Waals surface area contributed by atoms with E-state index in [1.54, 1.807) is 0 Å². The molecule has 0 bridgehead atoms. The van der Waals surface area contributed by atoms with Crippen LogP contribution in [0.25, 0.3) is 0 Å². The minimum absolute atomic E-state index is 0.536. The van der Waals surface area contributed by atoms with Crippen LogP contribution in [-0.2, 0) is 0 Å². The number of hydrogen-bond donors (Lipinski definition) is 2. The van der Waals surface area contributed by atoms with E-state index < -0.39 is 0 Å². The Morgan fingerprint density at radius 1 is 0.556 bits per heavy atom. The Kier molecular flexibility index (Phi) is 9.36. The minimum atomic E-state index is 0.536. The van der Waals surface area contributed by atoms with Crippen molar-refractivity contribution in [2.75, 3.05) is 0 Å². The number of nitrogens with zero attached hydrogens (tertiary/aromatic N) is 2. The molecular formula is C12H30N4Si2. The second kappa shape index (κ2) is 9.22. The molecule has 106 valence electrons. The highest BCUT2D eigenvalue weighted by molar-refractivity contribution is 6.97. The van der Waals surface area contributed by atoms with Gasteiger partial charge in [0, 0.05) is 24.2 Å². The molecule has 18 heavy (non-hydrogen) atoms. The highest BCUT2D eigenvalue weighted by Crippen LogP contribution is 2.00. The van der Waals surface area contributed by atoms with Crippen molar-refractivity contribution in [1.82, 2.24) is 20.2 Å². The van der Waals surface area contributed by atoms with Crippen molar-refractivity contribution in [2.24, 2.45) is 0 Å². The topological polar surface area (TPSA) is 30.5 Å². The fraction of sp³-hybridized carbons (Fsp3) is 1.00. The van der Waals surface area contributed by atoms with E-state index >= 15 is 0 Å². The average Bonchev–Trinajstić information content (AvgIpc) is 2.20. The van der Waals surface area contributed by atoms with Gasteiger partial charge in [0.15, 0.2) is 18.4 Å². The predicted molar refractivity (Wildman–Crippen MR) is 82.0 cm³/mol. The monoisotopic (exact) mass is 286 g/mol. The van der Waals surface area contributed by atoms with Crippen molar-refractivity contribution >= 4 is 18.4 Å². The summed E-state index contributed by atoms with van der Waals surface area (Å²) in [7, 11) is 1.45. The van der Waals surface area contributed by atoms with E-state index in [1.165, 1.54) is 0 Å². The molecule has 0 aromatic carbocycles. The van der Waals surface area contributed by atoms with Gasteiger partial charge in [-0.2, -0.15) is 0 Å². The van der Waals surface area contributed by atoms with E-state index in [0.29, 0.717) is 24.2 Å². The van der Waals surface area contributed by atoms with Gasteiger partial charge >= 0.3 is 0 Å². The lowest BCUT2D eigenvalue weighted by molar-refractivity contribution is 0.142. The van der Waals surface area contributed by atoms with Gasteiger partial charge in [-0.3, -0.25) is 10.2 Å². The molecule has 0 saturated heterocycles. The van der Waals surface area contributed by atoms with Gasteiger partial charge in [-0.05, 0) is 55.4 Å². The Balaban J connectivity index is 3.96. The van der Waals surface area contributed by atoms with Crippen molar-refractivity contribution in [3.05, 3.63) is 0 Å².